The highest BCUT2D eigenvalue weighted by atomic mass is 16.5. The van der Waals surface area contributed by atoms with Gasteiger partial charge in [0.1, 0.15) is 6.61 Å². The number of hydrogen-bond donors (Lipinski definition) is 3. The van der Waals surface area contributed by atoms with Crippen LogP contribution in [0.3, 0.4) is 0 Å². The molecule has 0 aromatic heterocycles. The lowest BCUT2D eigenvalue weighted by Gasteiger charge is -2.21. The topological polar surface area (TPSA) is 114 Å². The Morgan fingerprint density at radius 1 is 1.09 bits per heavy atom. The van der Waals surface area contributed by atoms with Crippen molar-refractivity contribution in [2.24, 2.45) is 11.8 Å². The zero-order chi connectivity index (χ0) is 25.9. The Bertz CT molecular complexity index is 783. The minimum atomic E-state index is -0.581. The Hall–Kier alpha value is -2.97. The first kappa shape index (κ1) is 30.1. The minimum absolute atomic E-state index is 0.00502. The van der Waals surface area contributed by atoms with Crippen LogP contribution in [-0.4, -0.2) is 61.9 Å². The van der Waals surface area contributed by atoms with E-state index in [0.29, 0.717) is 32.2 Å². The lowest BCUT2D eigenvalue weighted by molar-refractivity contribution is -0.150. The highest BCUT2D eigenvalue weighted by Crippen LogP contribution is 2.17. The molecule has 8 heteroatoms. The molecule has 0 fully saturated rings. The van der Waals surface area contributed by atoms with Crippen LogP contribution in [0, 0.1) is 11.8 Å². The molecule has 1 rings (SSSR count). The van der Waals surface area contributed by atoms with Gasteiger partial charge in [0, 0.05) is 13.0 Å². The molecule has 0 unspecified atom stereocenters. The number of carbonyl (C=O) groups excluding carboxylic acids is 3. The van der Waals surface area contributed by atoms with Crippen molar-refractivity contribution in [1.82, 2.24) is 10.6 Å². The van der Waals surface area contributed by atoms with Crippen LogP contribution in [0.2, 0.25) is 0 Å². The number of aliphatic hydroxyl groups is 1. The maximum atomic E-state index is 12.7. The first-order valence-corrected chi connectivity index (χ1v) is 12.1. The molecule has 0 spiro atoms. The quantitative estimate of drug-likeness (QED) is 0.157. The van der Waals surface area contributed by atoms with Gasteiger partial charge in [0.05, 0.1) is 37.7 Å². The predicted octanol–water partition coefficient (Wildman–Crippen LogP) is 2.57. The smallest absolute Gasteiger partial charge is 0.309 e. The van der Waals surface area contributed by atoms with E-state index >= 15 is 0 Å². The largest absolute Gasteiger partial charge is 0.463 e. The van der Waals surface area contributed by atoms with E-state index in [1.54, 1.807) is 19.1 Å². The molecular weight excluding hydrogens is 448 g/mol. The summed E-state index contributed by atoms with van der Waals surface area (Å²) in [4.78, 5) is 37.6. The predicted molar refractivity (Wildman–Crippen MR) is 135 cm³/mol. The third-order valence-electron chi connectivity index (χ3n) is 5.30. The first-order chi connectivity index (χ1) is 16.9. The first-order valence-electron chi connectivity index (χ1n) is 12.1. The number of benzene rings is 1. The van der Waals surface area contributed by atoms with Crippen LogP contribution in [0.5, 0.6) is 0 Å². The average molecular weight is 489 g/mol. The second-order valence-electron chi connectivity index (χ2n) is 8.40. The molecule has 8 nitrogen and oxygen atoms in total. The van der Waals surface area contributed by atoms with Gasteiger partial charge in [-0.1, -0.05) is 42.5 Å². The number of nitrogens with one attached hydrogen (secondary N) is 2. The number of aliphatic hydroxyl groups excluding tert-OH is 1. The lowest BCUT2D eigenvalue weighted by atomic mass is 9.95. The van der Waals surface area contributed by atoms with Gasteiger partial charge in [-0.05, 0) is 38.2 Å². The Morgan fingerprint density at radius 2 is 1.83 bits per heavy atom. The molecule has 2 amide bonds. The number of hydrogen-bond acceptors (Lipinski definition) is 6. The molecule has 194 valence electrons. The van der Waals surface area contributed by atoms with Gasteiger partial charge in [-0.25, -0.2) is 0 Å². The molecule has 0 aliphatic rings. The summed E-state index contributed by atoms with van der Waals surface area (Å²) < 4.78 is 10.6. The van der Waals surface area contributed by atoms with E-state index < -0.39 is 12.0 Å². The molecule has 0 aliphatic heterocycles. The second kappa shape index (κ2) is 18.4. The van der Waals surface area contributed by atoms with Crippen LogP contribution >= 0.6 is 0 Å². The van der Waals surface area contributed by atoms with E-state index in [9.17, 15) is 14.4 Å². The average Bonchev–Trinajstić information content (AvgIpc) is 2.85. The number of carbonyl (C=O) groups is 3. The van der Waals surface area contributed by atoms with Crippen molar-refractivity contribution < 1.29 is 29.0 Å². The molecule has 0 bridgehead atoms. The van der Waals surface area contributed by atoms with Crippen molar-refractivity contribution in [3.8, 4) is 0 Å². The number of amides is 2. The van der Waals surface area contributed by atoms with Crippen molar-refractivity contribution >= 4 is 17.8 Å². The van der Waals surface area contributed by atoms with Gasteiger partial charge in [0.15, 0.2) is 0 Å². The highest BCUT2D eigenvalue weighted by molar-refractivity contribution is 5.86. The summed E-state index contributed by atoms with van der Waals surface area (Å²) in [5.41, 5.74) is 1.06. The standard InChI is InChI=1S/C27H40N2O6/c1-4-6-13-24(18-22-11-8-7-9-12-22)27(33)35-20-21(3)29-26(32)23(10-5-2)19-25(31)28-14-16-34-17-15-30/h4-5,7-9,11-12,21,23-24,30H,1-2,6,10,13-20H2,3H3,(H,28,31)(H,29,32)/t21-,23+,24+/m0/s1. The second-order valence-corrected chi connectivity index (χ2v) is 8.40. The third-order valence-corrected chi connectivity index (χ3v) is 5.30. The fourth-order valence-corrected chi connectivity index (χ4v) is 3.46. The number of rotatable bonds is 19. The van der Waals surface area contributed by atoms with Crippen LogP contribution in [0.15, 0.2) is 55.6 Å². The lowest BCUT2D eigenvalue weighted by Crippen LogP contribution is -2.42. The molecule has 3 atom stereocenters. The molecule has 1 aromatic carbocycles. The fourth-order valence-electron chi connectivity index (χ4n) is 3.46. The van der Waals surface area contributed by atoms with Gasteiger partial charge in [0.2, 0.25) is 11.8 Å². The van der Waals surface area contributed by atoms with Crippen LogP contribution in [0.25, 0.3) is 0 Å². The third kappa shape index (κ3) is 13.5. The molecule has 0 saturated carbocycles. The highest BCUT2D eigenvalue weighted by Gasteiger charge is 2.24. The van der Waals surface area contributed by atoms with Gasteiger partial charge in [-0.15, -0.1) is 13.2 Å². The maximum Gasteiger partial charge on any atom is 0.309 e. The Morgan fingerprint density at radius 3 is 2.49 bits per heavy atom. The van der Waals surface area contributed by atoms with Crippen LogP contribution < -0.4 is 10.6 Å². The van der Waals surface area contributed by atoms with Gasteiger partial charge in [-0.2, -0.15) is 0 Å². The minimum Gasteiger partial charge on any atom is -0.463 e. The Labute approximate surface area is 208 Å². The van der Waals surface area contributed by atoms with Crippen LogP contribution in [0.4, 0.5) is 0 Å². The van der Waals surface area contributed by atoms with E-state index in [4.69, 9.17) is 14.6 Å². The number of allylic oxidation sites excluding steroid dienone is 2. The number of esters is 1. The van der Waals surface area contributed by atoms with Crippen molar-refractivity contribution in [2.45, 2.75) is 45.1 Å². The number of ether oxygens (including phenoxy) is 2. The molecule has 3 N–H and O–H groups in total. The van der Waals surface area contributed by atoms with Crippen molar-refractivity contribution in [2.75, 3.05) is 33.0 Å². The van der Waals surface area contributed by atoms with Gasteiger partial charge >= 0.3 is 5.97 Å². The molecule has 0 heterocycles. The normalized spacial score (nSPS) is 13.2. The zero-order valence-corrected chi connectivity index (χ0v) is 20.7. The summed E-state index contributed by atoms with van der Waals surface area (Å²) in [6.07, 6.45) is 5.65. The van der Waals surface area contributed by atoms with Crippen molar-refractivity contribution in [1.29, 1.82) is 0 Å². The van der Waals surface area contributed by atoms with E-state index in [-0.39, 0.29) is 56.5 Å². The molecule has 1 aromatic rings. The van der Waals surface area contributed by atoms with Gasteiger partial charge in [-0.3, -0.25) is 14.4 Å². The van der Waals surface area contributed by atoms with Crippen molar-refractivity contribution in [3.05, 3.63) is 61.2 Å². The monoisotopic (exact) mass is 488 g/mol. The molecule has 0 saturated heterocycles. The fraction of sp³-hybridized carbons (Fsp3) is 0.519. The van der Waals surface area contributed by atoms with Crippen LogP contribution in [-0.2, 0) is 30.3 Å². The zero-order valence-electron chi connectivity index (χ0n) is 20.7. The molecule has 0 radical (unpaired) electrons. The van der Waals surface area contributed by atoms with E-state index in [2.05, 4.69) is 23.8 Å². The van der Waals surface area contributed by atoms with Crippen molar-refractivity contribution in [3.63, 3.8) is 0 Å². The van der Waals surface area contributed by atoms with Gasteiger partial charge < -0.3 is 25.2 Å². The SMILES string of the molecule is C=CCC[C@H](Cc1ccccc1)C(=O)OC[C@H](C)NC(=O)[C@H](CC=C)CC(=O)NCCOCCO. The summed E-state index contributed by atoms with van der Waals surface area (Å²) in [6.45, 7) is 9.91. The van der Waals surface area contributed by atoms with E-state index in [1.165, 1.54) is 0 Å². The molecular formula is C27H40N2O6. The van der Waals surface area contributed by atoms with Gasteiger partial charge in [0.25, 0.3) is 0 Å². The summed E-state index contributed by atoms with van der Waals surface area (Å²) >= 11 is 0. The Kier molecular flexibility index (Phi) is 15.8. The van der Waals surface area contributed by atoms with E-state index in [1.807, 2.05) is 30.3 Å². The summed E-state index contributed by atoms with van der Waals surface area (Å²) in [5, 5.41) is 14.2. The maximum absolute atomic E-state index is 12.7. The van der Waals surface area contributed by atoms with Crippen LogP contribution in [0.1, 0.15) is 38.2 Å². The van der Waals surface area contributed by atoms with E-state index in [0.717, 1.165) is 5.56 Å². The summed E-state index contributed by atoms with van der Waals surface area (Å²) in [7, 11) is 0. The summed E-state index contributed by atoms with van der Waals surface area (Å²) in [5.74, 6) is -1.75. The molecule has 0 aliphatic carbocycles. The summed E-state index contributed by atoms with van der Waals surface area (Å²) in [6, 6.07) is 9.36. The Balaban J connectivity index is 2.52. The molecule has 35 heavy (non-hydrogen) atoms.